The number of anilines is 1. The molecule has 2 aromatic rings. The third-order valence-corrected chi connectivity index (χ3v) is 3.10. The van der Waals surface area contributed by atoms with E-state index in [2.05, 4.69) is 9.97 Å². The van der Waals surface area contributed by atoms with Crippen LogP contribution >= 0.6 is 11.8 Å². The minimum absolute atomic E-state index is 0.0198. The maximum absolute atomic E-state index is 13.5. The summed E-state index contributed by atoms with van der Waals surface area (Å²) >= 11 is 1.02. The normalized spacial score (nSPS) is 10.7. The van der Waals surface area contributed by atoms with E-state index in [1.807, 2.05) is 19.9 Å². The van der Waals surface area contributed by atoms with E-state index in [0.717, 1.165) is 29.1 Å². The summed E-state index contributed by atoms with van der Waals surface area (Å²) in [4.78, 5) is 7.92. The molecule has 2 heterocycles. The molecule has 6 heteroatoms. The van der Waals surface area contributed by atoms with E-state index in [1.54, 1.807) is 6.07 Å². The van der Waals surface area contributed by atoms with Crippen molar-refractivity contribution in [2.24, 2.45) is 0 Å². The number of pyridine rings is 2. The summed E-state index contributed by atoms with van der Waals surface area (Å²) in [6, 6.07) is 4.44. The molecule has 0 unspecified atom stereocenters. The van der Waals surface area contributed by atoms with E-state index in [4.69, 9.17) is 5.73 Å². The molecule has 0 saturated carbocycles. The van der Waals surface area contributed by atoms with Crippen LogP contribution in [0.2, 0.25) is 0 Å². The number of aromatic nitrogens is 2. The van der Waals surface area contributed by atoms with Crippen LogP contribution in [0.15, 0.2) is 28.3 Å². The SMILES string of the molecule is Cc1cc(C)nc(Sc2nc(N)c(F)cc2F)c1. The molecule has 0 aromatic carbocycles. The maximum atomic E-state index is 13.5. The Morgan fingerprint density at radius 1 is 1.06 bits per heavy atom. The lowest BCUT2D eigenvalue weighted by Crippen LogP contribution is -1.99. The van der Waals surface area contributed by atoms with Gasteiger partial charge in [-0.05, 0) is 43.3 Å². The summed E-state index contributed by atoms with van der Waals surface area (Å²) in [5, 5.41) is 0.622. The van der Waals surface area contributed by atoms with Crippen LogP contribution in [0.3, 0.4) is 0 Å². The zero-order valence-corrected chi connectivity index (χ0v) is 10.7. The number of hydrogen-bond acceptors (Lipinski definition) is 4. The van der Waals surface area contributed by atoms with Gasteiger partial charge in [0.05, 0.1) is 0 Å². The molecule has 0 fully saturated rings. The quantitative estimate of drug-likeness (QED) is 0.908. The third kappa shape index (κ3) is 2.76. The highest BCUT2D eigenvalue weighted by atomic mass is 32.2. The van der Waals surface area contributed by atoms with Crippen molar-refractivity contribution in [3.8, 4) is 0 Å². The summed E-state index contributed by atoms with van der Waals surface area (Å²) < 4.78 is 26.5. The van der Waals surface area contributed by atoms with Crippen molar-refractivity contribution in [1.82, 2.24) is 9.97 Å². The van der Waals surface area contributed by atoms with Gasteiger partial charge in [0.15, 0.2) is 17.5 Å². The lowest BCUT2D eigenvalue weighted by molar-refractivity contribution is 0.552. The van der Waals surface area contributed by atoms with E-state index < -0.39 is 11.6 Å². The second-order valence-corrected chi connectivity index (χ2v) is 4.88. The number of nitrogens with two attached hydrogens (primary N) is 1. The molecule has 0 amide bonds. The van der Waals surface area contributed by atoms with E-state index in [9.17, 15) is 8.78 Å². The first-order valence-electron chi connectivity index (χ1n) is 5.20. The Morgan fingerprint density at radius 2 is 1.78 bits per heavy atom. The van der Waals surface area contributed by atoms with Gasteiger partial charge in [-0.25, -0.2) is 18.7 Å². The van der Waals surface area contributed by atoms with Gasteiger partial charge in [0.25, 0.3) is 0 Å². The Kier molecular flexibility index (Phi) is 3.47. The predicted octanol–water partition coefficient (Wildman–Crippen LogP) is 3.11. The van der Waals surface area contributed by atoms with Crippen LogP contribution < -0.4 is 5.73 Å². The highest BCUT2D eigenvalue weighted by molar-refractivity contribution is 7.99. The van der Waals surface area contributed by atoms with E-state index >= 15 is 0 Å². The second kappa shape index (κ2) is 4.89. The number of nitrogens with zero attached hydrogens (tertiary/aromatic N) is 2. The monoisotopic (exact) mass is 267 g/mol. The third-order valence-electron chi connectivity index (χ3n) is 2.20. The van der Waals surface area contributed by atoms with E-state index in [1.165, 1.54) is 0 Å². The molecule has 0 atom stereocenters. The smallest absolute Gasteiger partial charge is 0.168 e. The molecule has 2 rings (SSSR count). The van der Waals surface area contributed by atoms with Gasteiger partial charge in [0.1, 0.15) is 10.1 Å². The lowest BCUT2D eigenvalue weighted by Gasteiger charge is -2.05. The van der Waals surface area contributed by atoms with Crippen molar-refractivity contribution in [3.05, 3.63) is 41.1 Å². The summed E-state index contributed by atoms with van der Waals surface area (Å²) in [6.45, 7) is 3.77. The zero-order chi connectivity index (χ0) is 13.3. The second-order valence-electron chi connectivity index (χ2n) is 3.87. The van der Waals surface area contributed by atoms with Crippen LogP contribution in [0.1, 0.15) is 11.3 Å². The first kappa shape index (κ1) is 12.8. The Bertz CT molecular complexity index is 582. The average molecular weight is 267 g/mol. The van der Waals surface area contributed by atoms with Crippen LogP contribution in [-0.4, -0.2) is 9.97 Å². The van der Waals surface area contributed by atoms with Crippen molar-refractivity contribution >= 4 is 17.6 Å². The summed E-state index contributed by atoms with van der Waals surface area (Å²) in [5.41, 5.74) is 7.16. The predicted molar refractivity (Wildman–Crippen MR) is 66.4 cm³/mol. The van der Waals surface area contributed by atoms with E-state index in [-0.39, 0.29) is 10.8 Å². The molecular formula is C12H11F2N3S. The van der Waals surface area contributed by atoms with Gasteiger partial charge in [-0.2, -0.15) is 0 Å². The summed E-state index contributed by atoms with van der Waals surface area (Å²) in [6.07, 6.45) is 0. The summed E-state index contributed by atoms with van der Waals surface area (Å²) in [7, 11) is 0. The summed E-state index contributed by atoms with van der Waals surface area (Å²) in [5.74, 6) is -1.92. The topological polar surface area (TPSA) is 51.8 Å². The van der Waals surface area contributed by atoms with Crippen molar-refractivity contribution in [2.75, 3.05) is 5.73 Å². The Balaban J connectivity index is 2.36. The first-order chi connectivity index (χ1) is 8.45. The fourth-order valence-electron chi connectivity index (χ4n) is 1.49. The van der Waals surface area contributed by atoms with Gasteiger partial charge in [-0.3, -0.25) is 0 Å². The van der Waals surface area contributed by atoms with Crippen LogP contribution in [-0.2, 0) is 0 Å². The largest absolute Gasteiger partial charge is 0.381 e. The van der Waals surface area contributed by atoms with E-state index in [0.29, 0.717) is 5.03 Å². The zero-order valence-electron chi connectivity index (χ0n) is 9.87. The minimum atomic E-state index is -0.856. The Hall–Kier alpha value is -1.69. The molecule has 0 bridgehead atoms. The van der Waals surface area contributed by atoms with Gasteiger partial charge in [-0.15, -0.1) is 0 Å². The Labute approximate surface area is 107 Å². The molecule has 3 nitrogen and oxygen atoms in total. The minimum Gasteiger partial charge on any atom is -0.381 e. The molecule has 0 aliphatic heterocycles. The van der Waals surface area contributed by atoms with Crippen molar-refractivity contribution in [2.45, 2.75) is 23.9 Å². The molecule has 2 aromatic heterocycles. The number of aryl methyl sites for hydroxylation is 2. The highest BCUT2D eigenvalue weighted by Crippen LogP contribution is 2.29. The van der Waals surface area contributed by atoms with Gasteiger partial charge >= 0.3 is 0 Å². The van der Waals surface area contributed by atoms with Crippen LogP contribution in [0.5, 0.6) is 0 Å². The fourth-order valence-corrected chi connectivity index (χ4v) is 2.42. The van der Waals surface area contributed by atoms with Crippen molar-refractivity contribution in [1.29, 1.82) is 0 Å². The maximum Gasteiger partial charge on any atom is 0.168 e. The first-order valence-corrected chi connectivity index (χ1v) is 6.02. The average Bonchev–Trinajstić information content (AvgIpc) is 2.24. The van der Waals surface area contributed by atoms with Gasteiger partial charge in [0.2, 0.25) is 0 Å². The lowest BCUT2D eigenvalue weighted by atomic mass is 10.3. The molecule has 18 heavy (non-hydrogen) atoms. The molecule has 0 saturated heterocycles. The standard InChI is InChI=1S/C12H11F2N3S/c1-6-3-7(2)16-10(4-6)18-12-9(14)5-8(13)11(15)17-12/h3-5H,1-2H3,(H2,15,17). The fraction of sp³-hybridized carbons (Fsp3) is 0.167. The molecular weight excluding hydrogens is 256 g/mol. The highest BCUT2D eigenvalue weighted by Gasteiger charge is 2.12. The molecule has 0 aliphatic carbocycles. The van der Waals surface area contributed by atoms with Crippen molar-refractivity contribution in [3.63, 3.8) is 0 Å². The molecule has 94 valence electrons. The van der Waals surface area contributed by atoms with Crippen LogP contribution in [0.25, 0.3) is 0 Å². The van der Waals surface area contributed by atoms with Gasteiger partial charge < -0.3 is 5.73 Å². The number of halogens is 2. The molecule has 0 radical (unpaired) electrons. The number of hydrogen-bond donors (Lipinski definition) is 1. The molecule has 0 spiro atoms. The number of rotatable bonds is 2. The van der Waals surface area contributed by atoms with Gasteiger partial charge in [0, 0.05) is 11.8 Å². The van der Waals surface area contributed by atoms with Crippen molar-refractivity contribution < 1.29 is 8.78 Å². The van der Waals surface area contributed by atoms with Gasteiger partial charge in [-0.1, -0.05) is 0 Å². The molecule has 0 aliphatic rings. The van der Waals surface area contributed by atoms with Crippen LogP contribution in [0, 0.1) is 25.5 Å². The Morgan fingerprint density at radius 3 is 2.44 bits per heavy atom. The number of nitrogen functional groups attached to an aromatic ring is 1. The van der Waals surface area contributed by atoms with Crippen LogP contribution in [0.4, 0.5) is 14.6 Å². The molecule has 2 N–H and O–H groups in total.